The lowest BCUT2D eigenvalue weighted by atomic mass is 10.3. The van der Waals surface area contributed by atoms with Gasteiger partial charge in [-0.15, -0.1) is 0 Å². The van der Waals surface area contributed by atoms with Gasteiger partial charge in [-0.25, -0.2) is 28.5 Å². The second-order valence-corrected chi connectivity index (χ2v) is 5.59. The van der Waals surface area contributed by atoms with Gasteiger partial charge < -0.3 is 21.3 Å². The molecule has 0 bridgehead atoms. The number of amides is 2. The third kappa shape index (κ3) is 5.87. The van der Waals surface area contributed by atoms with E-state index in [-0.39, 0.29) is 12.2 Å². The molecule has 0 saturated heterocycles. The fraction of sp³-hybridized carbons (Fsp3) is 0.111. The molecule has 8 nitrogen and oxygen atoms in total. The summed E-state index contributed by atoms with van der Waals surface area (Å²) >= 11 is 0. The third-order valence-electron chi connectivity index (χ3n) is 3.43. The van der Waals surface area contributed by atoms with Crippen molar-refractivity contribution in [1.82, 2.24) is 20.3 Å². The Morgan fingerprint density at radius 2 is 1.68 bits per heavy atom. The minimum absolute atomic E-state index is 0.0315. The smallest absolute Gasteiger partial charge is 0.319 e. The molecule has 0 aliphatic rings. The van der Waals surface area contributed by atoms with Gasteiger partial charge in [-0.3, -0.25) is 0 Å². The maximum Gasteiger partial charge on any atom is 0.319 e. The van der Waals surface area contributed by atoms with Crippen LogP contribution in [0.15, 0.2) is 55.0 Å². The fourth-order valence-corrected chi connectivity index (χ4v) is 2.26. The molecule has 0 radical (unpaired) electrons. The Labute approximate surface area is 159 Å². The molecule has 0 spiro atoms. The highest BCUT2D eigenvalue weighted by atomic mass is 19.1. The van der Waals surface area contributed by atoms with E-state index in [1.807, 2.05) is 18.2 Å². The first-order valence-electron chi connectivity index (χ1n) is 8.33. The summed E-state index contributed by atoms with van der Waals surface area (Å²) in [6, 6.07) is 9.37. The average Bonchev–Trinajstić information content (AvgIpc) is 2.65. The molecule has 0 saturated carbocycles. The molecule has 3 aromatic rings. The van der Waals surface area contributed by atoms with Gasteiger partial charge in [0.1, 0.15) is 35.4 Å². The van der Waals surface area contributed by atoms with Gasteiger partial charge in [0.25, 0.3) is 0 Å². The summed E-state index contributed by atoms with van der Waals surface area (Å²) in [4.78, 5) is 24.1. The first-order valence-corrected chi connectivity index (χ1v) is 8.33. The van der Waals surface area contributed by atoms with Gasteiger partial charge in [0.05, 0.1) is 0 Å². The van der Waals surface area contributed by atoms with Crippen molar-refractivity contribution in [2.75, 3.05) is 29.0 Å². The second kappa shape index (κ2) is 9.21. The van der Waals surface area contributed by atoms with Gasteiger partial charge in [-0.1, -0.05) is 6.07 Å². The lowest BCUT2D eigenvalue weighted by molar-refractivity contribution is 0.252. The standard InChI is InChI=1S/C18H17F2N7O/c19-12-7-13(20)9-14(8-12)26-18(28)23-6-5-22-16-10-17(25-11-24-16)27-15-3-1-2-4-21-15/h1-4,7-11H,5-6H2,(H2,23,26,28)(H2,21,22,24,25,27). The molecule has 0 fully saturated rings. The summed E-state index contributed by atoms with van der Waals surface area (Å²) in [5.41, 5.74) is 0.0315. The van der Waals surface area contributed by atoms with E-state index in [2.05, 4.69) is 36.2 Å². The number of hydrogen-bond donors (Lipinski definition) is 4. The van der Waals surface area contributed by atoms with E-state index in [0.29, 0.717) is 24.0 Å². The van der Waals surface area contributed by atoms with Crippen molar-refractivity contribution in [1.29, 1.82) is 0 Å². The number of carbonyl (C=O) groups excluding carboxylic acids is 1. The van der Waals surface area contributed by atoms with Crippen LogP contribution in [0.3, 0.4) is 0 Å². The number of aromatic nitrogens is 3. The van der Waals surface area contributed by atoms with Crippen LogP contribution >= 0.6 is 0 Å². The molecule has 0 atom stereocenters. The zero-order chi connectivity index (χ0) is 19.8. The van der Waals surface area contributed by atoms with Crippen molar-refractivity contribution in [2.45, 2.75) is 0 Å². The zero-order valence-corrected chi connectivity index (χ0v) is 14.6. The summed E-state index contributed by atoms with van der Waals surface area (Å²) in [5.74, 6) is 0.240. The van der Waals surface area contributed by atoms with Crippen LogP contribution in [0.4, 0.5) is 36.7 Å². The number of pyridine rings is 1. The van der Waals surface area contributed by atoms with Crippen LogP contribution in [0.1, 0.15) is 0 Å². The fourth-order valence-electron chi connectivity index (χ4n) is 2.26. The Morgan fingerprint density at radius 3 is 2.43 bits per heavy atom. The number of hydrogen-bond acceptors (Lipinski definition) is 6. The molecule has 144 valence electrons. The Bertz CT molecular complexity index is 920. The lowest BCUT2D eigenvalue weighted by Gasteiger charge is -2.10. The van der Waals surface area contributed by atoms with Crippen LogP contribution in [0, 0.1) is 11.6 Å². The molecule has 2 heterocycles. The minimum atomic E-state index is -0.768. The average molecular weight is 385 g/mol. The molecule has 10 heteroatoms. The van der Waals surface area contributed by atoms with Crippen molar-refractivity contribution in [3.05, 3.63) is 66.6 Å². The molecule has 3 rings (SSSR count). The van der Waals surface area contributed by atoms with Crippen LogP contribution in [0.2, 0.25) is 0 Å². The van der Waals surface area contributed by atoms with E-state index < -0.39 is 17.7 Å². The molecular weight excluding hydrogens is 368 g/mol. The maximum absolute atomic E-state index is 13.1. The minimum Gasteiger partial charge on any atom is -0.368 e. The summed E-state index contributed by atoms with van der Waals surface area (Å²) < 4.78 is 26.2. The summed E-state index contributed by atoms with van der Waals surface area (Å²) in [6.45, 7) is 0.640. The van der Waals surface area contributed by atoms with Crippen molar-refractivity contribution in [2.24, 2.45) is 0 Å². The number of nitrogens with zero attached hydrogens (tertiary/aromatic N) is 3. The quantitative estimate of drug-likeness (QED) is 0.466. The van der Waals surface area contributed by atoms with Crippen molar-refractivity contribution in [3.8, 4) is 0 Å². The summed E-state index contributed by atoms with van der Waals surface area (Å²) in [7, 11) is 0. The Hall–Kier alpha value is -3.82. The highest BCUT2D eigenvalue weighted by molar-refractivity contribution is 5.89. The normalized spacial score (nSPS) is 10.2. The monoisotopic (exact) mass is 385 g/mol. The molecule has 2 amide bonds. The number of urea groups is 1. The Kier molecular flexibility index (Phi) is 6.24. The number of halogens is 2. The number of benzene rings is 1. The number of anilines is 4. The number of nitrogens with one attached hydrogen (secondary N) is 4. The van der Waals surface area contributed by atoms with Crippen LogP contribution in [0.25, 0.3) is 0 Å². The second-order valence-electron chi connectivity index (χ2n) is 5.59. The summed E-state index contributed by atoms with van der Waals surface area (Å²) in [5, 5.41) is 11.0. The van der Waals surface area contributed by atoms with Crippen molar-refractivity contribution < 1.29 is 13.6 Å². The number of rotatable bonds is 7. The van der Waals surface area contributed by atoms with Gasteiger partial charge in [-0.05, 0) is 24.3 Å². The predicted octanol–water partition coefficient (Wildman–Crippen LogP) is 3.13. The molecular formula is C18H17F2N7O. The van der Waals surface area contributed by atoms with Gasteiger partial charge in [-0.2, -0.15) is 0 Å². The molecule has 4 N–H and O–H groups in total. The summed E-state index contributed by atoms with van der Waals surface area (Å²) in [6.07, 6.45) is 3.06. The third-order valence-corrected chi connectivity index (χ3v) is 3.43. The topological polar surface area (TPSA) is 104 Å². The molecule has 28 heavy (non-hydrogen) atoms. The van der Waals surface area contributed by atoms with E-state index in [1.54, 1.807) is 12.3 Å². The van der Waals surface area contributed by atoms with Crippen LogP contribution in [-0.4, -0.2) is 34.1 Å². The van der Waals surface area contributed by atoms with Gasteiger partial charge in [0.15, 0.2) is 0 Å². The van der Waals surface area contributed by atoms with E-state index in [0.717, 1.165) is 18.2 Å². The van der Waals surface area contributed by atoms with Crippen molar-refractivity contribution in [3.63, 3.8) is 0 Å². The first-order chi connectivity index (χ1) is 13.6. The largest absolute Gasteiger partial charge is 0.368 e. The predicted molar refractivity (Wildman–Crippen MR) is 101 cm³/mol. The highest BCUT2D eigenvalue weighted by Crippen LogP contribution is 2.14. The first kappa shape index (κ1) is 19.0. The van der Waals surface area contributed by atoms with Crippen LogP contribution < -0.4 is 21.3 Å². The van der Waals surface area contributed by atoms with E-state index >= 15 is 0 Å². The molecule has 2 aromatic heterocycles. The zero-order valence-electron chi connectivity index (χ0n) is 14.6. The van der Waals surface area contributed by atoms with E-state index in [9.17, 15) is 13.6 Å². The molecule has 0 aliphatic heterocycles. The maximum atomic E-state index is 13.1. The van der Waals surface area contributed by atoms with Crippen LogP contribution in [-0.2, 0) is 0 Å². The molecule has 1 aromatic carbocycles. The highest BCUT2D eigenvalue weighted by Gasteiger charge is 2.05. The van der Waals surface area contributed by atoms with E-state index in [1.165, 1.54) is 6.33 Å². The van der Waals surface area contributed by atoms with Gasteiger partial charge in [0.2, 0.25) is 0 Å². The van der Waals surface area contributed by atoms with Crippen molar-refractivity contribution >= 4 is 29.2 Å². The number of carbonyl (C=O) groups is 1. The lowest BCUT2D eigenvalue weighted by Crippen LogP contribution is -2.32. The van der Waals surface area contributed by atoms with Gasteiger partial charge >= 0.3 is 6.03 Å². The Balaban J connectivity index is 1.43. The molecule has 0 unspecified atom stereocenters. The van der Waals surface area contributed by atoms with Gasteiger partial charge in [0, 0.05) is 37.1 Å². The van der Waals surface area contributed by atoms with Crippen LogP contribution in [0.5, 0.6) is 0 Å². The SMILES string of the molecule is O=C(NCCNc1cc(Nc2ccccn2)ncn1)Nc1cc(F)cc(F)c1. The Morgan fingerprint density at radius 1 is 0.893 bits per heavy atom. The van der Waals surface area contributed by atoms with E-state index in [4.69, 9.17) is 0 Å². The molecule has 0 aliphatic carbocycles.